The molecule has 0 amide bonds. The molecule has 2 heterocycles. The Bertz CT molecular complexity index is 505. The van der Waals surface area contributed by atoms with Gasteiger partial charge >= 0.3 is 0 Å². The van der Waals surface area contributed by atoms with E-state index in [9.17, 15) is 0 Å². The lowest BCUT2D eigenvalue weighted by molar-refractivity contribution is 0.585. The number of rotatable bonds is 0. The van der Waals surface area contributed by atoms with Crippen LogP contribution in [0.25, 0.3) is 5.65 Å². The van der Waals surface area contributed by atoms with Crippen molar-refractivity contribution < 1.29 is 0 Å². The summed E-state index contributed by atoms with van der Waals surface area (Å²) in [6.07, 6.45) is 1.91. The zero-order valence-corrected chi connectivity index (χ0v) is 9.57. The predicted octanol–water partition coefficient (Wildman–Crippen LogP) is 1.92. The Kier molecular flexibility index (Phi) is 1.96. The molecular weight excluding hydrogens is 188 g/mol. The van der Waals surface area contributed by atoms with Crippen molar-refractivity contribution in [2.45, 2.75) is 33.1 Å². The van der Waals surface area contributed by atoms with Gasteiger partial charge in [-0.3, -0.25) is 0 Å². The molecule has 15 heavy (non-hydrogen) atoms. The molecule has 0 atom stereocenters. The molecule has 2 aromatic rings. The molecule has 4 nitrogen and oxygen atoms in total. The van der Waals surface area contributed by atoms with Crippen molar-refractivity contribution in [2.24, 2.45) is 0 Å². The molecule has 0 spiro atoms. The first-order valence-electron chi connectivity index (χ1n) is 5.01. The fraction of sp³-hybridized carbons (Fsp3) is 0.455. The summed E-state index contributed by atoms with van der Waals surface area (Å²) in [5.74, 6) is 0.323. The number of hydrogen-bond donors (Lipinski definition) is 1. The van der Waals surface area contributed by atoms with Crippen LogP contribution in [-0.4, -0.2) is 14.6 Å². The number of fused-ring (bicyclic) bond motifs is 1. The zero-order valence-electron chi connectivity index (χ0n) is 9.57. The summed E-state index contributed by atoms with van der Waals surface area (Å²) in [7, 11) is 0. The standard InChI is InChI=1S/C11H16N4/c1-7-8(11(2,3)4)5-6-15-9(7)13-10(12)14-15/h5-6H,1-4H3,(H2,12,14). The zero-order chi connectivity index (χ0) is 11.2. The van der Waals surface area contributed by atoms with Gasteiger partial charge in [0.05, 0.1) is 0 Å². The summed E-state index contributed by atoms with van der Waals surface area (Å²) < 4.78 is 1.72. The maximum Gasteiger partial charge on any atom is 0.240 e. The average Bonchev–Trinajstić information content (AvgIpc) is 2.44. The van der Waals surface area contributed by atoms with Crippen LogP contribution >= 0.6 is 0 Å². The van der Waals surface area contributed by atoms with Gasteiger partial charge in [-0.25, -0.2) is 4.52 Å². The van der Waals surface area contributed by atoms with Gasteiger partial charge < -0.3 is 5.73 Å². The van der Waals surface area contributed by atoms with E-state index >= 15 is 0 Å². The molecule has 2 aromatic heterocycles. The molecule has 0 aliphatic carbocycles. The Morgan fingerprint density at radius 3 is 2.60 bits per heavy atom. The molecule has 2 N–H and O–H groups in total. The van der Waals surface area contributed by atoms with E-state index in [0.29, 0.717) is 5.95 Å². The van der Waals surface area contributed by atoms with E-state index in [1.807, 2.05) is 6.20 Å². The minimum Gasteiger partial charge on any atom is -0.366 e. The number of nitrogens with two attached hydrogens (primary N) is 1. The second-order valence-electron chi connectivity index (χ2n) is 4.84. The largest absolute Gasteiger partial charge is 0.366 e. The van der Waals surface area contributed by atoms with Gasteiger partial charge in [0.1, 0.15) is 0 Å². The molecule has 0 fully saturated rings. The van der Waals surface area contributed by atoms with E-state index in [1.54, 1.807) is 4.52 Å². The average molecular weight is 204 g/mol. The Morgan fingerprint density at radius 2 is 2.00 bits per heavy atom. The topological polar surface area (TPSA) is 56.2 Å². The Hall–Kier alpha value is -1.58. The SMILES string of the molecule is Cc1c(C(C)(C)C)ccn2nc(N)nc12. The number of hydrogen-bond acceptors (Lipinski definition) is 3. The number of aryl methyl sites for hydroxylation is 1. The van der Waals surface area contributed by atoms with Crippen LogP contribution in [0.2, 0.25) is 0 Å². The third-order valence-corrected chi connectivity index (χ3v) is 2.58. The van der Waals surface area contributed by atoms with Gasteiger partial charge in [0.25, 0.3) is 0 Å². The molecule has 0 aliphatic heterocycles. The van der Waals surface area contributed by atoms with Crippen molar-refractivity contribution in [1.29, 1.82) is 0 Å². The van der Waals surface area contributed by atoms with Gasteiger partial charge in [0.15, 0.2) is 5.65 Å². The molecule has 4 heteroatoms. The van der Waals surface area contributed by atoms with Gasteiger partial charge in [0.2, 0.25) is 5.95 Å². The summed E-state index contributed by atoms with van der Waals surface area (Å²) >= 11 is 0. The summed E-state index contributed by atoms with van der Waals surface area (Å²) in [6.45, 7) is 8.62. The third-order valence-electron chi connectivity index (χ3n) is 2.58. The van der Waals surface area contributed by atoms with Crippen LogP contribution in [0.1, 0.15) is 31.9 Å². The number of anilines is 1. The van der Waals surface area contributed by atoms with Crippen molar-refractivity contribution in [3.8, 4) is 0 Å². The van der Waals surface area contributed by atoms with Crippen molar-refractivity contribution in [3.05, 3.63) is 23.4 Å². The maximum absolute atomic E-state index is 5.58. The number of aromatic nitrogens is 3. The molecule has 0 aliphatic rings. The fourth-order valence-electron chi connectivity index (χ4n) is 1.90. The van der Waals surface area contributed by atoms with E-state index in [1.165, 1.54) is 5.56 Å². The second kappa shape index (κ2) is 2.95. The van der Waals surface area contributed by atoms with Gasteiger partial charge in [-0.15, -0.1) is 5.10 Å². The highest BCUT2D eigenvalue weighted by Crippen LogP contribution is 2.27. The molecule has 2 rings (SSSR count). The summed E-state index contributed by atoms with van der Waals surface area (Å²) in [4.78, 5) is 4.22. The Labute approximate surface area is 89.1 Å². The fourth-order valence-corrected chi connectivity index (χ4v) is 1.90. The Morgan fingerprint density at radius 1 is 1.33 bits per heavy atom. The third kappa shape index (κ3) is 1.56. The first-order valence-corrected chi connectivity index (χ1v) is 5.01. The highest BCUT2D eigenvalue weighted by atomic mass is 15.3. The molecule has 0 aromatic carbocycles. The first-order chi connectivity index (χ1) is 6.89. The van der Waals surface area contributed by atoms with Crippen molar-refractivity contribution in [2.75, 3.05) is 5.73 Å². The van der Waals surface area contributed by atoms with E-state index in [4.69, 9.17) is 5.73 Å². The Balaban J connectivity index is 2.75. The molecule has 0 saturated heterocycles. The summed E-state index contributed by atoms with van der Waals surface area (Å²) in [5.41, 5.74) is 8.97. The van der Waals surface area contributed by atoms with Crippen molar-refractivity contribution >= 4 is 11.6 Å². The minimum absolute atomic E-state index is 0.118. The van der Waals surface area contributed by atoms with E-state index in [-0.39, 0.29) is 5.41 Å². The molecular formula is C11H16N4. The van der Waals surface area contributed by atoms with Gasteiger partial charge in [-0.1, -0.05) is 20.8 Å². The number of nitrogens with zero attached hydrogens (tertiary/aromatic N) is 3. The number of nitrogen functional groups attached to an aromatic ring is 1. The molecule has 0 unspecified atom stereocenters. The van der Waals surface area contributed by atoms with Crippen LogP contribution < -0.4 is 5.73 Å². The normalized spacial score (nSPS) is 12.3. The summed E-state index contributed by atoms with van der Waals surface area (Å²) in [5, 5.41) is 4.08. The van der Waals surface area contributed by atoms with Gasteiger partial charge in [-0.2, -0.15) is 4.98 Å². The lowest BCUT2D eigenvalue weighted by atomic mass is 9.85. The van der Waals surface area contributed by atoms with E-state index in [0.717, 1.165) is 11.2 Å². The highest BCUT2D eigenvalue weighted by Gasteiger charge is 2.18. The van der Waals surface area contributed by atoms with Gasteiger partial charge in [-0.05, 0) is 29.5 Å². The molecule has 0 saturated carbocycles. The predicted molar refractivity (Wildman–Crippen MR) is 60.8 cm³/mol. The van der Waals surface area contributed by atoms with E-state index < -0.39 is 0 Å². The van der Waals surface area contributed by atoms with Crippen LogP contribution in [0.15, 0.2) is 12.3 Å². The lowest BCUT2D eigenvalue weighted by Gasteiger charge is -2.21. The maximum atomic E-state index is 5.58. The first kappa shape index (κ1) is 9.96. The van der Waals surface area contributed by atoms with Crippen LogP contribution in [0.4, 0.5) is 5.95 Å². The van der Waals surface area contributed by atoms with Crippen LogP contribution in [0, 0.1) is 6.92 Å². The van der Waals surface area contributed by atoms with Crippen LogP contribution in [0.3, 0.4) is 0 Å². The molecule has 0 radical (unpaired) electrons. The van der Waals surface area contributed by atoms with Crippen LogP contribution in [0.5, 0.6) is 0 Å². The van der Waals surface area contributed by atoms with Crippen LogP contribution in [-0.2, 0) is 5.41 Å². The van der Waals surface area contributed by atoms with Crippen molar-refractivity contribution in [3.63, 3.8) is 0 Å². The number of pyridine rings is 1. The highest BCUT2D eigenvalue weighted by molar-refractivity contribution is 5.54. The molecule has 80 valence electrons. The monoisotopic (exact) mass is 204 g/mol. The molecule has 0 bridgehead atoms. The van der Waals surface area contributed by atoms with Gasteiger partial charge in [0, 0.05) is 6.20 Å². The van der Waals surface area contributed by atoms with Crippen molar-refractivity contribution in [1.82, 2.24) is 14.6 Å². The second-order valence-corrected chi connectivity index (χ2v) is 4.84. The minimum atomic E-state index is 0.118. The quantitative estimate of drug-likeness (QED) is 0.713. The lowest BCUT2D eigenvalue weighted by Crippen LogP contribution is -2.14. The van der Waals surface area contributed by atoms with E-state index in [2.05, 4.69) is 43.8 Å². The summed E-state index contributed by atoms with van der Waals surface area (Å²) in [6, 6.07) is 2.08. The smallest absolute Gasteiger partial charge is 0.240 e.